The van der Waals surface area contributed by atoms with Crippen LogP contribution in [0.5, 0.6) is 0 Å². The van der Waals surface area contributed by atoms with Gasteiger partial charge in [-0.15, -0.1) is 0 Å². The summed E-state index contributed by atoms with van der Waals surface area (Å²) < 4.78 is 27.0. The lowest BCUT2D eigenvalue weighted by atomic mass is 10.0. The molecule has 1 aliphatic carbocycles. The van der Waals surface area contributed by atoms with E-state index >= 15 is 0 Å². The summed E-state index contributed by atoms with van der Waals surface area (Å²) >= 11 is 0. The van der Waals surface area contributed by atoms with Crippen molar-refractivity contribution >= 4 is 10.0 Å². The lowest BCUT2D eigenvalue weighted by Crippen LogP contribution is -2.29. The highest BCUT2D eigenvalue weighted by Gasteiger charge is 2.41. The van der Waals surface area contributed by atoms with Crippen LogP contribution >= 0.6 is 0 Å². The van der Waals surface area contributed by atoms with Crippen LogP contribution in [-0.2, 0) is 10.0 Å². The summed E-state index contributed by atoms with van der Waals surface area (Å²) in [7, 11) is -3.46. The maximum Gasteiger partial charge on any atom is 0.244 e. The molecule has 1 aliphatic heterocycles. The van der Waals surface area contributed by atoms with E-state index in [0.717, 1.165) is 12.8 Å². The molecule has 1 aromatic rings. The van der Waals surface area contributed by atoms with E-state index in [-0.39, 0.29) is 11.4 Å². The van der Waals surface area contributed by atoms with Gasteiger partial charge < -0.3 is 5.73 Å². The summed E-state index contributed by atoms with van der Waals surface area (Å²) in [6, 6.07) is 1.58. The second-order valence-corrected chi connectivity index (χ2v) is 7.63. The molecule has 0 amide bonds. The molecule has 6 heteroatoms. The maximum absolute atomic E-state index is 12.7. The largest absolute Gasteiger partial charge is 0.320 e. The molecule has 3 rings (SSSR count). The molecule has 2 atom stereocenters. The van der Waals surface area contributed by atoms with Crippen LogP contribution in [0.15, 0.2) is 23.4 Å². The molecular weight excluding hydrogens is 286 g/mol. The van der Waals surface area contributed by atoms with Crippen molar-refractivity contribution in [3.05, 3.63) is 24.0 Å². The average molecular weight is 305 g/mol. The summed E-state index contributed by atoms with van der Waals surface area (Å²) in [6.07, 6.45) is 6.49. The van der Waals surface area contributed by atoms with E-state index in [1.165, 1.54) is 12.6 Å². The summed E-state index contributed by atoms with van der Waals surface area (Å²) in [4.78, 5) is 4.23. The van der Waals surface area contributed by atoms with Crippen molar-refractivity contribution in [2.75, 3.05) is 19.6 Å². The second kappa shape index (κ2) is 5.76. The fourth-order valence-corrected chi connectivity index (χ4v) is 4.86. The molecule has 2 fully saturated rings. The topological polar surface area (TPSA) is 76.3 Å². The maximum atomic E-state index is 12.7. The van der Waals surface area contributed by atoms with Crippen LogP contribution < -0.4 is 5.73 Å². The zero-order valence-electron chi connectivity index (χ0n) is 11.8. The number of hydrogen-bond donors (Lipinski definition) is 1. The number of aromatic nitrogens is 1. The van der Waals surface area contributed by atoms with Crippen molar-refractivity contribution in [2.45, 2.75) is 24.2 Å². The molecule has 2 aliphatic rings. The van der Waals surface area contributed by atoms with E-state index in [0.29, 0.717) is 30.5 Å². The minimum Gasteiger partial charge on any atom is -0.320 e. The minimum absolute atomic E-state index is 0.228. The van der Waals surface area contributed by atoms with Crippen LogP contribution in [0, 0.1) is 23.7 Å². The molecule has 5 nitrogen and oxygen atoms in total. The first-order valence-electron chi connectivity index (χ1n) is 7.25. The summed E-state index contributed by atoms with van der Waals surface area (Å²) in [5, 5.41) is 0. The van der Waals surface area contributed by atoms with Gasteiger partial charge in [-0.25, -0.2) is 8.42 Å². The van der Waals surface area contributed by atoms with E-state index in [4.69, 9.17) is 5.73 Å². The fourth-order valence-electron chi connectivity index (χ4n) is 3.32. The molecule has 0 radical (unpaired) electrons. The van der Waals surface area contributed by atoms with Gasteiger partial charge in [-0.1, -0.05) is 18.3 Å². The van der Waals surface area contributed by atoms with Crippen molar-refractivity contribution in [3.8, 4) is 11.8 Å². The standard InChI is InChI=1S/C15H19N3O2S/c16-6-2-3-12-7-15(9-17-8-12)21(19,20)18-10-13-4-1-5-14(13)11-18/h7-9,13-14H,1,4-6,10-11,16H2. The van der Waals surface area contributed by atoms with Gasteiger partial charge in [0.15, 0.2) is 0 Å². The highest BCUT2D eigenvalue weighted by atomic mass is 32.2. The number of sulfonamides is 1. The van der Waals surface area contributed by atoms with E-state index in [1.54, 1.807) is 16.6 Å². The molecule has 1 aromatic heterocycles. The molecule has 1 saturated heterocycles. The predicted molar refractivity (Wildman–Crippen MR) is 79.8 cm³/mol. The molecular formula is C15H19N3O2S. The van der Waals surface area contributed by atoms with Gasteiger partial charge in [0.1, 0.15) is 4.90 Å². The molecule has 1 saturated carbocycles. The van der Waals surface area contributed by atoms with Crippen molar-refractivity contribution in [1.82, 2.24) is 9.29 Å². The fraction of sp³-hybridized carbons (Fsp3) is 0.533. The van der Waals surface area contributed by atoms with Gasteiger partial charge in [-0.05, 0) is 30.7 Å². The van der Waals surface area contributed by atoms with E-state index in [1.807, 2.05) is 0 Å². The number of nitrogens with two attached hydrogens (primary N) is 1. The first kappa shape index (κ1) is 14.5. The number of pyridine rings is 1. The Bertz CT molecular complexity index is 678. The third kappa shape index (κ3) is 2.82. The molecule has 2 heterocycles. The third-order valence-electron chi connectivity index (χ3n) is 4.38. The monoisotopic (exact) mass is 305 g/mol. The van der Waals surface area contributed by atoms with Gasteiger partial charge in [0.25, 0.3) is 0 Å². The first-order chi connectivity index (χ1) is 10.1. The predicted octanol–water partition coefficient (Wildman–Crippen LogP) is 0.812. The Morgan fingerprint density at radius 3 is 2.67 bits per heavy atom. The molecule has 2 unspecified atom stereocenters. The van der Waals surface area contributed by atoms with Gasteiger partial charge in [0.05, 0.1) is 6.54 Å². The summed E-state index contributed by atoms with van der Waals surface area (Å²) in [6.45, 7) is 1.53. The minimum atomic E-state index is -3.46. The Kier molecular flexibility index (Phi) is 3.98. The highest BCUT2D eigenvalue weighted by Crippen LogP contribution is 2.39. The van der Waals surface area contributed by atoms with E-state index in [2.05, 4.69) is 16.8 Å². The zero-order valence-corrected chi connectivity index (χ0v) is 12.6. The Morgan fingerprint density at radius 1 is 1.29 bits per heavy atom. The van der Waals surface area contributed by atoms with Gasteiger partial charge in [-0.3, -0.25) is 4.98 Å². The molecule has 2 N–H and O–H groups in total. The van der Waals surface area contributed by atoms with E-state index in [9.17, 15) is 8.42 Å². The summed E-state index contributed by atoms with van der Waals surface area (Å²) in [5.41, 5.74) is 5.92. The number of hydrogen-bond acceptors (Lipinski definition) is 4. The quantitative estimate of drug-likeness (QED) is 0.821. The zero-order chi connectivity index (χ0) is 14.9. The van der Waals surface area contributed by atoms with Crippen molar-refractivity contribution < 1.29 is 8.42 Å². The van der Waals surface area contributed by atoms with Crippen molar-refractivity contribution in [2.24, 2.45) is 17.6 Å². The van der Waals surface area contributed by atoms with Crippen molar-refractivity contribution in [3.63, 3.8) is 0 Å². The van der Waals surface area contributed by atoms with Gasteiger partial charge >= 0.3 is 0 Å². The van der Waals surface area contributed by atoms with Crippen molar-refractivity contribution in [1.29, 1.82) is 0 Å². The van der Waals surface area contributed by atoms with Crippen LogP contribution in [0.3, 0.4) is 0 Å². The number of fused-ring (bicyclic) bond motifs is 1. The molecule has 0 bridgehead atoms. The lowest BCUT2D eigenvalue weighted by molar-refractivity contribution is 0.445. The van der Waals surface area contributed by atoms with Gasteiger partial charge in [0.2, 0.25) is 10.0 Å². The molecule has 21 heavy (non-hydrogen) atoms. The SMILES string of the molecule is NCC#Cc1cncc(S(=O)(=O)N2CC3CCCC3C2)c1. The number of nitrogens with zero attached hydrogens (tertiary/aromatic N) is 2. The van der Waals surface area contributed by atoms with Crippen LogP contribution in [0.25, 0.3) is 0 Å². The number of rotatable bonds is 2. The third-order valence-corrected chi connectivity index (χ3v) is 6.18. The highest BCUT2D eigenvalue weighted by molar-refractivity contribution is 7.89. The average Bonchev–Trinajstić information content (AvgIpc) is 3.07. The van der Waals surface area contributed by atoms with E-state index < -0.39 is 10.0 Å². The van der Waals surface area contributed by atoms with Gasteiger partial charge in [0, 0.05) is 31.0 Å². The normalized spacial score (nSPS) is 25.4. The smallest absolute Gasteiger partial charge is 0.244 e. The first-order valence-corrected chi connectivity index (χ1v) is 8.69. The lowest BCUT2D eigenvalue weighted by Gasteiger charge is -2.17. The van der Waals surface area contributed by atoms with Crippen LogP contribution in [0.4, 0.5) is 0 Å². The Balaban J connectivity index is 1.85. The van der Waals surface area contributed by atoms with Gasteiger partial charge in [-0.2, -0.15) is 4.31 Å². The van der Waals surface area contributed by atoms with Crippen LogP contribution in [0.1, 0.15) is 24.8 Å². The summed E-state index contributed by atoms with van der Waals surface area (Å²) in [5.74, 6) is 6.61. The molecule has 0 spiro atoms. The van der Waals surface area contributed by atoms with Crippen LogP contribution in [-0.4, -0.2) is 37.3 Å². The Hall–Kier alpha value is -1.42. The Morgan fingerprint density at radius 2 is 2.00 bits per heavy atom. The molecule has 0 aromatic carbocycles. The second-order valence-electron chi connectivity index (χ2n) is 5.69. The Labute approximate surface area is 125 Å². The molecule has 112 valence electrons. The van der Waals surface area contributed by atoms with Crippen LogP contribution in [0.2, 0.25) is 0 Å².